The molecule has 158 valence electrons. The molecule has 0 spiro atoms. The highest BCUT2D eigenvalue weighted by atomic mass is 35.5. The average Bonchev–Trinajstić information content (AvgIpc) is 3.14. The Kier molecular flexibility index (Phi) is 6.06. The molecule has 0 fully saturated rings. The fourth-order valence-corrected chi connectivity index (χ4v) is 4.21. The molecule has 0 radical (unpaired) electrons. The van der Waals surface area contributed by atoms with E-state index in [4.69, 9.17) is 21.4 Å². The molecular weight excluding hydrogens is 432 g/mol. The normalized spacial score (nSPS) is 14.1. The fraction of sp³-hybridized carbons (Fsp3) is 0.174. The van der Waals surface area contributed by atoms with Crippen molar-refractivity contribution < 1.29 is 9.53 Å². The number of amides is 1. The summed E-state index contributed by atoms with van der Waals surface area (Å²) in [5, 5.41) is 10.3. The number of benzene rings is 2. The molecule has 3 aromatic rings. The van der Waals surface area contributed by atoms with Crippen molar-refractivity contribution >= 4 is 40.2 Å². The van der Waals surface area contributed by atoms with Crippen molar-refractivity contribution in [3.63, 3.8) is 0 Å². The third-order valence-electron chi connectivity index (χ3n) is 4.59. The molecule has 0 saturated heterocycles. The van der Waals surface area contributed by atoms with Crippen LogP contribution in [0.2, 0.25) is 5.02 Å². The van der Waals surface area contributed by atoms with Crippen LogP contribution < -0.4 is 14.9 Å². The second-order valence-electron chi connectivity index (χ2n) is 7.20. The number of nitrogens with one attached hydrogen (secondary N) is 1. The lowest BCUT2D eigenvalue weighted by atomic mass is 10.1. The van der Waals surface area contributed by atoms with Gasteiger partial charge in [0.2, 0.25) is 4.80 Å². The van der Waals surface area contributed by atoms with Crippen molar-refractivity contribution in [1.29, 1.82) is 0 Å². The topological polar surface area (TPSA) is 68.0 Å². The van der Waals surface area contributed by atoms with E-state index in [0.29, 0.717) is 23.0 Å². The number of nitrogens with zero attached hydrogens (tertiary/aromatic N) is 3. The number of aromatic nitrogens is 1. The molecular formula is C23H21ClN4O2S. The van der Waals surface area contributed by atoms with Crippen molar-refractivity contribution in [3.8, 4) is 17.0 Å². The van der Waals surface area contributed by atoms with Gasteiger partial charge in [-0.2, -0.15) is 5.10 Å². The van der Waals surface area contributed by atoms with Crippen LogP contribution in [-0.4, -0.2) is 29.4 Å². The van der Waals surface area contributed by atoms with Gasteiger partial charge in [-0.1, -0.05) is 42.0 Å². The van der Waals surface area contributed by atoms with E-state index in [2.05, 4.69) is 16.9 Å². The molecule has 31 heavy (non-hydrogen) atoms. The van der Waals surface area contributed by atoms with Crippen molar-refractivity contribution in [2.75, 3.05) is 18.5 Å². The van der Waals surface area contributed by atoms with Crippen LogP contribution in [0.4, 0.5) is 5.69 Å². The average molecular weight is 453 g/mol. The standard InChI is InChI=1S/C23H21ClN4O2S/c1-14(2)11-25-23-28(27-15(3)17-6-4-5-7-18(17)24)20(13-31-23)16-8-9-21-19(10-16)26-22(29)12-30-21/h4-10,13H,1,11-12H2,2-3H3,(H,26,29). The van der Waals surface area contributed by atoms with E-state index in [0.717, 1.165) is 32.9 Å². The molecule has 6 nitrogen and oxygen atoms in total. The maximum Gasteiger partial charge on any atom is 0.262 e. The van der Waals surface area contributed by atoms with E-state index in [1.807, 2.05) is 61.7 Å². The Morgan fingerprint density at radius 2 is 2.10 bits per heavy atom. The zero-order valence-corrected chi connectivity index (χ0v) is 18.8. The molecule has 1 aliphatic heterocycles. The maximum atomic E-state index is 11.7. The summed E-state index contributed by atoms with van der Waals surface area (Å²) < 4.78 is 7.28. The Morgan fingerprint density at radius 3 is 2.87 bits per heavy atom. The molecule has 1 amide bonds. The van der Waals surface area contributed by atoms with E-state index in [1.165, 1.54) is 11.3 Å². The monoisotopic (exact) mass is 452 g/mol. The zero-order valence-electron chi connectivity index (χ0n) is 17.2. The van der Waals surface area contributed by atoms with Gasteiger partial charge in [-0.15, -0.1) is 11.3 Å². The van der Waals surface area contributed by atoms with Gasteiger partial charge in [0.05, 0.1) is 23.6 Å². The predicted octanol–water partition coefficient (Wildman–Crippen LogP) is 4.95. The second kappa shape index (κ2) is 8.91. The number of carbonyl (C=O) groups is 1. The predicted molar refractivity (Wildman–Crippen MR) is 126 cm³/mol. The van der Waals surface area contributed by atoms with Gasteiger partial charge in [0.15, 0.2) is 6.61 Å². The molecule has 2 aromatic carbocycles. The lowest BCUT2D eigenvalue weighted by molar-refractivity contribution is -0.118. The van der Waals surface area contributed by atoms with Crippen molar-refractivity contribution in [2.45, 2.75) is 13.8 Å². The van der Waals surface area contributed by atoms with Crippen LogP contribution in [-0.2, 0) is 4.79 Å². The quantitative estimate of drug-likeness (QED) is 0.439. The maximum absolute atomic E-state index is 11.7. The lowest BCUT2D eigenvalue weighted by Gasteiger charge is -2.18. The van der Waals surface area contributed by atoms with Gasteiger partial charge >= 0.3 is 0 Å². The van der Waals surface area contributed by atoms with Gasteiger partial charge in [-0.3, -0.25) is 9.79 Å². The summed E-state index contributed by atoms with van der Waals surface area (Å²) in [5.74, 6) is 0.473. The zero-order chi connectivity index (χ0) is 22.0. The van der Waals surface area contributed by atoms with E-state index < -0.39 is 0 Å². The van der Waals surface area contributed by atoms with Gasteiger partial charge in [0.1, 0.15) is 5.75 Å². The summed E-state index contributed by atoms with van der Waals surface area (Å²) in [6.45, 7) is 8.32. The number of halogens is 1. The lowest BCUT2D eigenvalue weighted by Crippen LogP contribution is -2.25. The Morgan fingerprint density at radius 1 is 1.29 bits per heavy atom. The Bertz CT molecular complexity index is 1270. The molecule has 8 heteroatoms. The summed E-state index contributed by atoms with van der Waals surface area (Å²) in [4.78, 5) is 17.1. The molecule has 0 saturated carbocycles. The third-order valence-corrected chi connectivity index (χ3v) is 5.77. The van der Waals surface area contributed by atoms with Crippen LogP contribution in [0.25, 0.3) is 11.3 Å². The van der Waals surface area contributed by atoms with Crippen LogP contribution in [0.1, 0.15) is 19.4 Å². The summed E-state index contributed by atoms with van der Waals surface area (Å²) >= 11 is 7.86. The fourth-order valence-electron chi connectivity index (χ4n) is 3.11. The van der Waals surface area contributed by atoms with Crippen LogP contribution in [0.5, 0.6) is 5.75 Å². The van der Waals surface area contributed by atoms with Crippen molar-refractivity contribution in [2.24, 2.45) is 10.1 Å². The molecule has 2 heterocycles. The smallest absolute Gasteiger partial charge is 0.262 e. The van der Waals surface area contributed by atoms with Crippen molar-refractivity contribution in [1.82, 2.24) is 4.68 Å². The van der Waals surface area contributed by atoms with E-state index in [1.54, 1.807) is 4.68 Å². The van der Waals surface area contributed by atoms with Crippen molar-refractivity contribution in [3.05, 3.63) is 75.4 Å². The number of hydrogen-bond donors (Lipinski definition) is 1. The number of anilines is 1. The van der Waals surface area contributed by atoms with Gasteiger partial charge in [-0.05, 0) is 38.1 Å². The number of carbonyl (C=O) groups excluding carboxylic acids is 1. The molecule has 0 bridgehead atoms. The number of hydrogen-bond acceptors (Lipinski definition) is 5. The highest BCUT2D eigenvalue weighted by Crippen LogP contribution is 2.33. The Balaban J connectivity index is 1.85. The highest BCUT2D eigenvalue weighted by Gasteiger charge is 2.18. The molecule has 4 rings (SSSR count). The molecule has 1 aromatic heterocycles. The summed E-state index contributed by atoms with van der Waals surface area (Å²) in [6, 6.07) is 13.3. The number of thiazole rings is 1. The summed E-state index contributed by atoms with van der Waals surface area (Å²) in [7, 11) is 0. The molecule has 1 N–H and O–H groups in total. The van der Waals surface area contributed by atoms with Crippen LogP contribution >= 0.6 is 22.9 Å². The van der Waals surface area contributed by atoms with Crippen LogP contribution in [0, 0.1) is 0 Å². The Hall–Kier alpha value is -3.16. The highest BCUT2D eigenvalue weighted by molar-refractivity contribution is 7.07. The van der Waals surface area contributed by atoms with Gasteiger partial charge in [0, 0.05) is 21.5 Å². The SMILES string of the molecule is C=C(C)CN=c1scc(-c2ccc3c(c2)NC(=O)CO3)n1N=C(C)c1ccccc1Cl. The first-order chi connectivity index (χ1) is 14.9. The van der Waals surface area contributed by atoms with E-state index >= 15 is 0 Å². The minimum Gasteiger partial charge on any atom is -0.482 e. The van der Waals surface area contributed by atoms with Gasteiger partial charge < -0.3 is 10.1 Å². The Labute approximate surface area is 189 Å². The molecule has 0 aliphatic carbocycles. The summed E-state index contributed by atoms with van der Waals surface area (Å²) in [6.07, 6.45) is 0. The van der Waals surface area contributed by atoms with Gasteiger partial charge in [-0.25, -0.2) is 4.68 Å². The van der Waals surface area contributed by atoms with Crippen LogP contribution in [0.3, 0.4) is 0 Å². The number of ether oxygens (including phenoxy) is 1. The first-order valence-corrected chi connectivity index (χ1v) is 10.9. The number of rotatable bonds is 5. The minimum absolute atomic E-state index is 0.0239. The molecule has 0 atom stereocenters. The molecule has 1 aliphatic rings. The third kappa shape index (κ3) is 4.62. The van der Waals surface area contributed by atoms with Crippen LogP contribution in [0.15, 0.2) is 70.1 Å². The molecule has 0 unspecified atom stereocenters. The van der Waals surface area contributed by atoms with Gasteiger partial charge in [0.25, 0.3) is 5.91 Å². The first kappa shape index (κ1) is 21.1. The number of fused-ring (bicyclic) bond motifs is 1. The first-order valence-electron chi connectivity index (χ1n) is 9.65. The minimum atomic E-state index is -0.174. The largest absolute Gasteiger partial charge is 0.482 e. The van der Waals surface area contributed by atoms with E-state index in [9.17, 15) is 4.79 Å². The second-order valence-corrected chi connectivity index (χ2v) is 8.45. The summed E-state index contributed by atoms with van der Waals surface area (Å²) in [5.41, 5.74) is 4.94. The van der Waals surface area contributed by atoms with E-state index in [-0.39, 0.29) is 12.5 Å².